The zero-order chi connectivity index (χ0) is 18.5. The lowest BCUT2D eigenvalue weighted by Crippen LogP contribution is -2.49. The topological polar surface area (TPSA) is 106 Å². The summed E-state index contributed by atoms with van der Waals surface area (Å²) in [5.41, 5.74) is 0.400. The van der Waals surface area contributed by atoms with Gasteiger partial charge < -0.3 is 9.05 Å². The van der Waals surface area contributed by atoms with E-state index in [4.69, 9.17) is 9.05 Å². The van der Waals surface area contributed by atoms with Crippen molar-refractivity contribution in [2.75, 3.05) is 26.2 Å². The fraction of sp³-hybridized carbons (Fsp3) is 0.688. The molecule has 2 aromatic heterocycles. The molecule has 3 heterocycles. The SMILES string of the molecule is Cc1noc(C)c1S(=O)(=O)N1CCN(C(C)c2nc(C3CC3)no2)CC1. The molecule has 1 saturated carbocycles. The molecule has 0 N–H and O–H groups in total. The van der Waals surface area contributed by atoms with E-state index in [1.807, 2.05) is 6.92 Å². The summed E-state index contributed by atoms with van der Waals surface area (Å²) in [6.45, 7) is 7.30. The first-order chi connectivity index (χ1) is 12.4. The van der Waals surface area contributed by atoms with Crippen molar-refractivity contribution in [3.8, 4) is 0 Å². The van der Waals surface area contributed by atoms with Gasteiger partial charge in [-0.15, -0.1) is 0 Å². The third kappa shape index (κ3) is 3.06. The van der Waals surface area contributed by atoms with E-state index in [0.29, 0.717) is 49.4 Å². The van der Waals surface area contributed by atoms with E-state index in [9.17, 15) is 8.42 Å². The van der Waals surface area contributed by atoms with Gasteiger partial charge in [0.25, 0.3) is 0 Å². The van der Waals surface area contributed by atoms with Gasteiger partial charge in [0.2, 0.25) is 15.9 Å². The van der Waals surface area contributed by atoms with Gasteiger partial charge in [0, 0.05) is 32.1 Å². The van der Waals surface area contributed by atoms with Crippen LogP contribution < -0.4 is 0 Å². The van der Waals surface area contributed by atoms with E-state index in [2.05, 4.69) is 20.2 Å². The van der Waals surface area contributed by atoms with Gasteiger partial charge in [-0.05, 0) is 33.6 Å². The normalized spacial score (nSPS) is 21.2. The molecule has 1 aliphatic heterocycles. The van der Waals surface area contributed by atoms with Crippen molar-refractivity contribution in [3.05, 3.63) is 23.2 Å². The first-order valence-corrected chi connectivity index (χ1v) is 10.3. The number of aryl methyl sites for hydroxylation is 2. The van der Waals surface area contributed by atoms with Gasteiger partial charge in [-0.25, -0.2) is 8.42 Å². The third-order valence-corrected chi connectivity index (χ3v) is 7.29. The van der Waals surface area contributed by atoms with E-state index in [1.54, 1.807) is 13.8 Å². The summed E-state index contributed by atoms with van der Waals surface area (Å²) >= 11 is 0. The maximum atomic E-state index is 12.9. The van der Waals surface area contributed by atoms with Crippen LogP contribution >= 0.6 is 0 Å². The fourth-order valence-electron chi connectivity index (χ4n) is 3.38. The molecule has 1 aliphatic carbocycles. The Morgan fingerprint density at radius 1 is 1.08 bits per heavy atom. The summed E-state index contributed by atoms with van der Waals surface area (Å²) in [6, 6.07) is -0.0288. The minimum atomic E-state index is -3.59. The van der Waals surface area contributed by atoms with Crippen molar-refractivity contribution in [3.63, 3.8) is 0 Å². The number of hydrogen-bond donors (Lipinski definition) is 0. The minimum absolute atomic E-state index is 0.0288. The van der Waals surface area contributed by atoms with Crippen LogP contribution in [-0.4, -0.2) is 59.1 Å². The summed E-state index contributed by atoms with van der Waals surface area (Å²) in [7, 11) is -3.59. The Kier molecular flexibility index (Phi) is 4.36. The van der Waals surface area contributed by atoms with Gasteiger partial charge >= 0.3 is 0 Å². The van der Waals surface area contributed by atoms with Crippen LogP contribution in [0.3, 0.4) is 0 Å². The molecule has 0 radical (unpaired) electrons. The van der Waals surface area contributed by atoms with Crippen LogP contribution in [0.4, 0.5) is 0 Å². The van der Waals surface area contributed by atoms with Crippen LogP contribution in [0.1, 0.15) is 54.9 Å². The number of piperazine rings is 1. The highest BCUT2D eigenvalue weighted by Crippen LogP contribution is 2.38. The monoisotopic (exact) mass is 381 g/mol. The second-order valence-corrected chi connectivity index (χ2v) is 8.91. The molecule has 4 rings (SSSR count). The van der Waals surface area contributed by atoms with Gasteiger partial charge in [0.1, 0.15) is 10.6 Å². The molecule has 0 spiro atoms. The molecule has 1 unspecified atom stereocenters. The van der Waals surface area contributed by atoms with E-state index in [0.717, 1.165) is 18.7 Å². The van der Waals surface area contributed by atoms with Crippen molar-refractivity contribution in [1.29, 1.82) is 0 Å². The molecule has 1 atom stereocenters. The predicted octanol–water partition coefficient (Wildman–Crippen LogP) is 1.62. The quantitative estimate of drug-likeness (QED) is 0.769. The van der Waals surface area contributed by atoms with E-state index in [-0.39, 0.29) is 10.9 Å². The highest BCUT2D eigenvalue weighted by Gasteiger charge is 2.36. The summed E-state index contributed by atoms with van der Waals surface area (Å²) in [4.78, 5) is 6.86. The minimum Gasteiger partial charge on any atom is -0.360 e. The Morgan fingerprint density at radius 3 is 2.35 bits per heavy atom. The van der Waals surface area contributed by atoms with Crippen LogP contribution in [0.15, 0.2) is 13.9 Å². The van der Waals surface area contributed by atoms with Crippen LogP contribution in [0.5, 0.6) is 0 Å². The molecule has 2 aromatic rings. The summed E-state index contributed by atoms with van der Waals surface area (Å²) in [5.74, 6) is 2.19. The van der Waals surface area contributed by atoms with Crippen molar-refractivity contribution in [2.45, 2.75) is 50.5 Å². The van der Waals surface area contributed by atoms with Crippen LogP contribution in [0, 0.1) is 13.8 Å². The first-order valence-electron chi connectivity index (χ1n) is 8.88. The lowest BCUT2D eigenvalue weighted by atomic mass is 10.2. The molecular weight excluding hydrogens is 358 g/mol. The average molecular weight is 381 g/mol. The smallest absolute Gasteiger partial charge is 0.248 e. The van der Waals surface area contributed by atoms with E-state index < -0.39 is 10.0 Å². The number of aromatic nitrogens is 3. The molecule has 9 nitrogen and oxygen atoms in total. The number of sulfonamides is 1. The second-order valence-electron chi connectivity index (χ2n) is 7.03. The zero-order valence-corrected chi connectivity index (χ0v) is 16.0. The highest BCUT2D eigenvalue weighted by molar-refractivity contribution is 7.89. The molecule has 0 amide bonds. The summed E-state index contributed by atoms with van der Waals surface area (Å²) in [5, 5.41) is 7.83. The largest absolute Gasteiger partial charge is 0.360 e. The lowest BCUT2D eigenvalue weighted by molar-refractivity contribution is 0.124. The van der Waals surface area contributed by atoms with Gasteiger partial charge in [0.05, 0.1) is 6.04 Å². The van der Waals surface area contributed by atoms with E-state index >= 15 is 0 Å². The maximum absolute atomic E-state index is 12.9. The van der Waals surface area contributed by atoms with Gasteiger partial charge in [0.15, 0.2) is 11.6 Å². The first kappa shape index (κ1) is 17.6. The van der Waals surface area contributed by atoms with Crippen LogP contribution in [0.2, 0.25) is 0 Å². The standard InChI is InChI=1S/C16H23N5O4S/c1-10-14(12(3)24-18-10)26(22,23)21-8-6-20(7-9-21)11(2)16-17-15(19-25-16)13-4-5-13/h11,13H,4-9H2,1-3H3. The van der Waals surface area contributed by atoms with Crippen molar-refractivity contribution < 1.29 is 17.5 Å². The van der Waals surface area contributed by atoms with Gasteiger partial charge in [-0.2, -0.15) is 9.29 Å². The Hall–Kier alpha value is -1.78. The van der Waals surface area contributed by atoms with Crippen LogP contribution in [-0.2, 0) is 10.0 Å². The summed E-state index contributed by atoms with van der Waals surface area (Å²) < 4.78 is 37.7. The fourth-order valence-corrected chi connectivity index (χ4v) is 5.10. The number of nitrogens with zero attached hydrogens (tertiary/aromatic N) is 5. The molecule has 2 fully saturated rings. The molecule has 10 heteroatoms. The van der Waals surface area contributed by atoms with Crippen LogP contribution in [0.25, 0.3) is 0 Å². The predicted molar refractivity (Wildman–Crippen MR) is 91.0 cm³/mol. The second kappa shape index (κ2) is 6.43. The number of hydrogen-bond acceptors (Lipinski definition) is 8. The molecule has 0 aromatic carbocycles. The van der Waals surface area contributed by atoms with Crippen molar-refractivity contribution in [2.24, 2.45) is 0 Å². The van der Waals surface area contributed by atoms with E-state index in [1.165, 1.54) is 4.31 Å². The Morgan fingerprint density at radius 2 is 1.77 bits per heavy atom. The van der Waals surface area contributed by atoms with Crippen molar-refractivity contribution in [1.82, 2.24) is 24.5 Å². The molecule has 142 valence electrons. The zero-order valence-electron chi connectivity index (χ0n) is 15.2. The molecule has 1 saturated heterocycles. The number of rotatable bonds is 5. The Labute approximate surface area is 152 Å². The molecule has 26 heavy (non-hydrogen) atoms. The third-order valence-electron chi connectivity index (χ3n) is 5.14. The maximum Gasteiger partial charge on any atom is 0.248 e. The Balaban J connectivity index is 1.43. The molecular formula is C16H23N5O4S. The summed E-state index contributed by atoms with van der Waals surface area (Å²) in [6.07, 6.45) is 2.26. The average Bonchev–Trinajstić information content (AvgIpc) is 3.25. The molecule has 0 bridgehead atoms. The highest BCUT2D eigenvalue weighted by atomic mass is 32.2. The van der Waals surface area contributed by atoms with Crippen molar-refractivity contribution >= 4 is 10.0 Å². The Bertz CT molecular complexity index is 874. The van der Waals surface area contributed by atoms with Gasteiger partial charge in [-0.1, -0.05) is 10.3 Å². The molecule has 2 aliphatic rings. The lowest BCUT2D eigenvalue weighted by Gasteiger charge is -2.36. The van der Waals surface area contributed by atoms with Gasteiger partial charge in [-0.3, -0.25) is 4.90 Å².